The Morgan fingerprint density at radius 1 is 1.19 bits per heavy atom. The summed E-state index contributed by atoms with van der Waals surface area (Å²) in [4.78, 5) is 12.1. The Balaban J connectivity index is 1.54. The number of nitrogens with zero attached hydrogens (tertiary/aromatic N) is 3. The summed E-state index contributed by atoms with van der Waals surface area (Å²) in [5, 5.41) is 13.6. The molecule has 1 aromatic carbocycles. The van der Waals surface area contributed by atoms with E-state index in [4.69, 9.17) is 0 Å². The number of amides is 2. The molecule has 0 spiro atoms. The lowest BCUT2D eigenvalue weighted by atomic mass is 10.2. The molecule has 9 heteroatoms. The minimum atomic E-state index is -2.86. The van der Waals surface area contributed by atoms with Crippen LogP contribution in [-0.4, -0.2) is 27.2 Å². The fraction of sp³-hybridized carbons (Fsp3) is 0.235. The summed E-state index contributed by atoms with van der Waals surface area (Å²) in [6.07, 6.45) is 1.82. The Labute approximate surface area is 148 Å². The molecule has 0 unspecified atom stereocenters. The molecule has 0 bridgehead atoms. The van der Waals surface area contributed by atoms with Crippen molar-refractivity contribution >= 4 is 11.7 Å². The number of benzene rings is 1. The molecule has 2 heterocycles. The van der Waals surface area contributed by atoms with E-state index in [1.807, 2.05) is 24.4 Å². The Kier molecular flexibility index (Phi) is 5.26. The van der Waals surface area contributed by atoms with Gasteiger partial charge >= 0.3 is 12.6 Å². The quantitative estimate of drug-likeness (QED) is 0.707. The summed E-state index contributed by atoms with van der Waals surface area (Å²) in [6.45, 7) is -0.812. The summed E-state index contributed by atoms with van der Waals surface area (Å²) >= 11 is 0. The molecule has 0 aliphatic rings. The second-order valence-electron chi connectivity index (χ2n) is 5.56. The lowest BCUT2D eigenvalue weighted by Crippen LogP contribution is -2.37. The van der Waals surface area contributed by atoms with Gasteiger partial charge in [0, 0.05) is 12.7 Å². The number of fused-ring (bicyclic) bond motifs is 1. The average Bonchev–Trinajstić information content (AvgIpc) is 3.05. The molecule has 0 saturated heterocycles. The Hall–Kier alpha value is -3.23. The summed E-state index contributed by atoms with van der Waals surface area (Å²) in [5.74, 6) is 0.685. The van der Waals surface area contributed by atoms with E-state index in [2.05, 4.69) is 25.6 Å². The molecule has 0 fully saturated rings. The van der Waals surface area contributed by atoms with Gasteiger partial charge in [-0.1, -0.05) is 18.2 Å². The van der Waals surface area contributed by atoms with Crippen molar-refractivity contribution in [3.8, 4) is 5.75 Å². The summed E-state index contributed by atoms with van der Waals surface area (Å²) in [7, 11) is 0. The normalized spacial score (nSPS) is 12.2. The van der Waals surface area contributed by atoms with E-state index in [0.717, 1.165) is 5.56 Å². The van der Waals surface area contributed by atoms with Crippen molar-refractivity contribution in [3.05, 3.63) is 60.0 Å². The van der Waals surface area contributed by atoms with Crippen LogP contribution in [0, 0.1) is 0 Å². The number of hydrogen-bond acceptors (Lipinski definition) is 4. The molecule has 26 heavy (non-hydrogen) atoms. The first kappa shape index (κ1) is 17.6. The molecule has 3 aromatic rings. The van der Waals surface area contributed by atoms with Crippen molar-refractivity contribution in [2.75, 3.05) is 0 Å². The predicted molar refractivity (Wildman–Crippen MR) is 89.8 cm³/mol. The number of nitrogens with one attached hydrogen (secondary N) is 2. The van der Waals surface area contributed by atoms with Crippen molar-refractivity contribution in [1.29, 1.82) is 0 Å². The van der Waals surface area contributed by atoms with Gasteiger partial charge in [0.2, 0.25) is 0 Å². The minimum absolute atomic E-state index is 0.0699. The van der Waals surface area contributed by atoms with Gasteiger partial charge in [-0.15, -0.1) is 10.2 Å². The maximum atomic E-state index is 12.1. The van der Waals surface area contributed by atoms with Gasteiger partial charge in [0.25, 0.3) is 0 Å². The standard InChI is InChI=1S/C17H17F2N5O2/c1-11(15-23-22-14-4-2-3-9-24(14)15)21-17(25)20-10-12-5-7-13(8-6-12)26-16(18)19/h2-9,11,16H,10H2,1H3,(H2,20,21,25)/t11-/m0/s1. The zero-order chi connectivity index (χ0) is 18.5. The highest BCUT2D eigenvalue weighted by Crippen LogP contribution is 2.15. The molecule has 0 saturated carbocycles. The summed E-state index contributed by atoms with van der Waals surface area (Å²) in [5.41, 5.74) is 1.45. The molecule has 136 valence electrons. The molecule has 2 amide bonds. The third-order valence-corrected chi connectivity index (χ3v) is 3.68. The topological polar surface area (TPSA) is 80.5 Å². The number of aromatic nitrogens is 3. The van der Waals surface area contributed by atoms with Crippen LogP contribution < -0.4 is 15.4 Å². The van der Waals surface area contributed by atoms with E-state index in [9.17, 15) is 13.6 Å². The molecule has 7 nitrogen and oxygen atoms in total. The lowest BCUT2D eigenvalue weighted by Gasteiger charge is -2.13. The summed E-state index contributed by atoms with van der Waals surface area (Å²) in [6, 6.07) is 10.9. The monoisotopic (exact) mass is 361 g/mol. The number of urea groups is 1. The smallest absolute Gasteiger partial charge is 0.387 e. The molecule has 1 atom stereocenters. The molecule has 2 aromatic heterocycles. The van der Waals surface area contributed by atoms with Gasteiger partial charge in [0.15, 0.2) is 11.5 Å². The summed E-state index contributed by atoms with van der Waals surface area (Å²) < 4.78 is 30.3. The van der Waals surface area contributed by atoms with Crippen LogP contribution in [0.15, 0.2) is 48.7 Å². The second-order valence-corrected chi connectivity index (χ2v) is 5.56. The van der Waals surface area contributed by atoms with Crippen molar-refractivity contribution in [1.82, 2.24) is 25.2 Å². The Morgan fingerprint density at radius 2 is 1.96 bits per heavy atom. The largest absolute Gasteiger partial charge is 0.435 e. The molecule has 3 rings (SSSR count). The first-order valence-corrected chi connectivity index (χ1v) is 7.90. The van der Waals surface area contributed by atoms with Gasteiger partial charge in [0.1, 0.15) is 5.75 Å². The van der Waals surface area contributed by atoms with Gasteiger partial charge in [0.05, 0.1) is 6.04 Å². The number of halogens is 2. The highest BCUT2D eigenvalue weighted by Gasteiger charge is 2.15. The highest BCUT2D eigenvalue weighted by atomic mass is 19.3. The zero-order valence-electron chi connectivity index (χ0n) is 13.9. The average molecular weight is 361 g/mol. The maximum absolute atomic E-state index is 12.1. The van der Waals surface area contributed by atoms with Gasteiger partial charge in [-0.05, 0) is 36.8 Å². The number of carbonyl (C=O) groups excluding carboxylic acids is 1. The SMILES string of the molecule is C[C@H](NC(=O)NCc1ccc(OC(F)F)cc1)c1nnc2ccccn12. The first-order chi connectivity index (χ1) is 12.5. The molecule has 2 N–H and O–H groups in total. The number of rotatable bonds is 6. The van der Waals surface area contributed by atoms with Crippen molar-refractivity contribution in [2.24, 2.45) is 0 Å². The van der Waals surface area contributed by atoms with Crippen LogP contribution in [0.5, 0.6) is 5.75 Å². The van der Waals surface area contributed by atoms with E-state index in [1.165, 1.54) is 12.1 Å². The number of carbonyl (C=O) groups is 1. The Morgan fingerprint density at radius 3 is 2.69 bits per heavy atom. The lowest BCUT2D eigenvalue weighted by molar-refractivity contribution is -0.0498. The van der Waals surface area contributed by atoms with Crippen LogP contribution in [0.1, 0.15) is 24.4 Å². The molecule has 0 aliphatic carbocycles. The van der Waals surface area contributed by atoms with E-state index >= 15 is 0 Å². The molecule has 0 aliphatic heterocycles. The third kappa shape index (κ3) is 4.24. The number of hydrogen-bond donors (Lipinski definition) is 2. The second kappa shape index (κ2) is 7.77. The van der Waals surface area contributed by atoms with Crippen LogP contribution >= 0.6 is 0 Å². The zero-order valence-corrected chi connectivity index (χ0v) is 13.9. The highest BCUT2D eigenvalue weighted by molar-refractivity contribution is 5.74. The van der Waals surface area contributed by atoms with Crippen LogP contribution in [0.2, 0.25) is 0 Å². The van der Waals surface area contributed by atoms with E-state index in [-0.39, 0.29) is 24.4 Å². The van der Waals surface area contributed by atoms with E-state index in [0.29, 0.717) is 11.5 Å². The predicted octanol–water partition coefficient (Wildman–Crippen LogP) is 2.89. The van der Waals surface area contributed by atoms with Crippen LogP contribution in [0.25, 0.3) is 5.65 Å². The van der Waals surface area contributed by atoms with Crippen molar-refractivity contribution in [3.63, 3.8) is 0 Å². The maximum Gasteiger partial charge on any atom is 0.387 e. The fourth-order valence-electron chi connectivity index (χ4n) is 2.44. The van der Waals surface area contributed by atoms with Crippen LogP contribution in [0.3, 0.4) is 0 Å². The van der Waals surface area contributed by atoms with Crippen molar-refractivity contribution in [2.45, 2.75) is 26.1 Å². The van der Waals surface area contributed by atoms with E-state index in [1.54, 1.807) is 23.5 Å². The fourth-order valence-corrected chi connectivity index (χ4v) is 2.44. The van der Waals surface area contributed by atoms with Gasteiger partial charge in [-0.2, -0.15) is 8.78 Å². The molecule has 0 radical (unpaired) electrons. The minimum Gasteiger partial charge on any atom is -0.435 e. The number of pyridine rings is 1. The Bertz CT molecular complexity index is 882. The van der Waals surface area contributed by atoms with Crippen molar-refractivity contribution < 1.29 is 18.3 Å². The molecular weight excluding hydrogens is 344 g/mol. The number of alkyl halides is 2. The first-order valence-electron chi connectivity index (χ1n) is 7.90. The van der Waals surface area contributed by atoms with Gasteiger partial charge in [-0.25, -0.2) is 4.79 Å². The van der Waals surface area contributed by atoms with E-state index < -0.39 is 6.61 Å². The van der Waals surface area contributed by atoms with Crippen LogP contribution in [0.4, 0.5) is 13.6 Å². The third-order valence-electron chi connectivity index (χ3n) is 3.68. The van der Waals surface area contributed by atoms with Gasteiger partial charge < -0.3 is 15.4 Å². The van der Waals surface area contributed by atoms with Crippen LogP contribution in [-0.2, 0) is 6.54 Å². The molecular formula is C17H17F2N5O2. The number of ether oxygens (including phenoxy) is 1. The van der Waals surface area contributed by atoms with Gasteiger partial charge in [-0.3, -0.25) is 4.40 Å².